The first-order valence-corrected chi connectivity index (χ1v) is 9.52. The second kappa shape index (κ2) is 6.84. The molecule has 1 unspecified atom stereocenters. The van der Waals surface area contributed by atoms with Crippen molar-refractivity contribution in [3.05, 3.63) is 64.9 Å². The fraction of sp³-hybridized carbons (Fsp3) is 0.409. The molecular formula is C22H26FN3. The SMILES string of the molecule is CCN1Cc2c(n(CCc3cccnc3)c3c(F)ccc(C)c23)CC1C. The molecule has 0 saturated heterocycles. The lowest BCUT2D eigenvalue weighted by Crippen LogP contribution is -2.38. The molecule has 0 amide bonds. The van der Waals surface area contributed by atoms with Crippen LogP contribution < -0.4 is 0 Å². The smallest absolute Gasteiger partial charge is 0.147 e. The summed E-state index contributed by atoms with van der Waals surface area (Å²) in [6, 6.07) is 8.07. The van der Waals surface area contributed by atoms with Gasteiger partial charge in [0, 0.05) is 49.0 Å². The van der Waals surface area contributed by atoms with Gasteiger partial charge in [-0.25, -0.2) is 4.39 Å². The molecule has 0 bridgehead atoms. The van der Waals surface area contributed by atoms with Crippen LogP contribution in [0.3, 0.4) is 0 Å². The molecule has 4 rings (SSSR count). The summed E-state index contributed by atoms with van der Waals surface area (Å²) >= 11 is 0. The summed E-state index contributed by atoms with van der Waals surface area (Å²) in [5, 5.41) is 1.12. The van der Waals surface area contributed by atoms with Crippen LogP contribution in [0.25, 0.3) is 10.9 Å². The Balaban J connectivity index is 1.84. The molecule has 3 aromatic rings. The zero-order valence-electron chi connectivity index (χ0n) is 15.8. The van der Waals surface area contributed by atoms with Crippen molar-refractivity contribution < 1.29 is 4.39 Å². The van der Waals surface area contributed by atoms with Gasteiger partial charge in [0.2, 0.25) is 0 Å². The first-order valence-electron chi connectivity index (χ1n) is 9.52. The Morgan fingerprint density at radius 1 is 1.27 bits per heavy atom. The zero-order valence-corrected chi connectivity index (χ0v) is 15.8. The van der Waals surface area contributed by atoms with E-state index in [9.17, 15) is 4.39 Å². The molecule has 1 aliphatic heterocycles. The van der Waals surface area contributed by atoms with Crippen molar-refractivity contribution in [2.45, 2.75) is 52.7 Å². The van der Waals surface area contributed by atoms with Crippen molar-refractivity contribution in [2.24, 2.45) is 0 Å². The number of fused-ring (bicyclic) bond motifs is 3. The molecule has 136 valence electrons. The van der Waals surface area contributed by atoms with Gasteiger partial charge in [0.25, 0.3) is 0 Å². The predicted octanol–water partition coefficient (Wildman–Crippen LogP) is 4.49. The molecule has 3 nitrogen and oxygen atoms in total. The number of hydrogen-bond donors (Lipinski definition) is 0. The van der Waals surface area contributed by atoms with Crippen LogP contribution in [0.15, 0.2) is 36.7 Å². The van der Waals surface area contributed by atoms with Gasteiger partial charge in [0.15, 0.2) is 0 Å². The van der Waals surface area contributed by atoms with Gasteiger partial charge < -0.3 is 4.57 Å². The Morgan fingerprint density at radius 2 is 2.12 bits per heavy atom. The van der Waals surface area contributed by atoms with E-state index < -0.39 is 0 Å². The van der Waals surface area contributed by atoms with Crippen LogP contribution in [0.2, 0.25) is 0 Å². The van der Waals surface area contributed by atoms with Crippen LogP contribution in [-0.4, -0.2) is 27.0 Å². The first kappa shape index (κ1) is 17.2. The van der Waals surface area contributed by atoms with Crippen molar-refractivity contribution >= 4 is 10.9 Å². The quantitative estimate of drug-likeness (QED) is 0.690. The highest BCUT2D eigenvalue weighted by molar-refractivity contribution is 5.89. The third-order valence-corrected chi connectivity index (χ3v) is 5.81. The lowest BCUT2D eigenvalue weighted by Gasteiger charge is -2.33. The maximum atomic E-state index is 14.9. The Bertz CT molecular complexity index is 930. The van der Waals surface area contributed by atoms with Gasteiger partial charge in [-0.3, -0.25) is 9.88 Å². The Morgan fingerprint density at radius 3 is 2.85 bits per heavy atom. The molecule has 3 heterocycles. The first-order chi connectivity index (χ1) is 12.6. The van der Waals surface area contributed by atoms with Crippen LogP contribution in [0, 0.1) is 12.7 Å². The molecule has 0 aliphatic carbocycles. The number of hydrogen-bond acceptors (Lipinski definition) is 2. The maximum absolute atomic E-state index is 14.9. The summed E-state index contributed by atoms with van der Waals surface area (Å²) < 4.78 is 17.1. The van der Waals surface area contributed by atoms with Crippen LogP contribution in [0.5, 0.6) is 0 Å². The number of benzene rings is 1. The van der Waals surface area contributed by atoms with Gasteiger partial charge in [-0.05, 0) is 55.6 Å². The van der Waals surface area contributed by atoms with Crippen LogP contribution in [-0.2, 0) is 25.9 Å². The lowest BCUT2D eigenvalue weighted by molar-refractivity contribution is 0.192. The maximum Gasteiger partial charge on any atom is 0.147 e. The number of pyridine rings is 1. The third-order valence-electron chi connectivity index (χ3n) is 5.81. The van der Waals surface area contributed by atoms with Crippen LogP contribution in [0.1, 0.15) is 36.2 Å². The molecule has 0 N–H and O–H groups in total. The number of likely N-dealkylation sites (N-methyl/N-ethyl adjacent to an activating group) is 1. The molecule has 1 aromatic carbocycles. The third kappa shape index (κ3) is 2.82. The number of halogens is 1. The van der Waals surface area contributed by atoms with Gasteiger partial charge in [-0.2, -0.15) is 0 Å². The average Bonchev–Trinajstić information content (AvgIpc) is 2.97. The van der Waals surface area contributed by atoms with E-state index in [0.717, 1.165) is 43.4 Å². The van der Waals surface area contributed by atoms with Gasteiger partial charge in [0.05, 0.1) is 5.52 Å². The Hall–Kier alpha value is -2.20. The molecule has 26 heavy (non-hydrogen) atoms. The number of nitrogens with zero attached hydrogens (tertiary/aromatic N) is 3. The standard InChI is InChI=1S/C22H26FN3/c1-4-25-14-18-20(12-16(25)3)26(11-9-17-6-5-10-24-13-17)22-19(23)8-7-15(2)21(18)22/h5-8,10,13,16H,4,9,11-12,14H2,1-3H3. The second-order valence-corrected chi connectivity index (χ2v) is 7.39. The average molecular weight is 351 g/mol. The Kier molecular flexibility index (Phi) is 4.53. The number of rotatable bonds is 4. The van der Waals surface area contributed by atoms with Crippen molar-refractivity contribution in [2.75, 3.05) is 6.54 Å². The van der Waals surface area contributed by atoms with Gasteiger partial charge in [0.1, 0.15) is 5.82 Å². The van der Waals surface area contributed by atoms with Crippen molar-refractivity contribution in [1.82, 2.24) is 14.5 Å². The summed E-state index contributed by atoms with van der Waals surface area (Å²) in [6.07, 6.45) is 5.54. The van der Waals surface area contributed by atoms with E-state index in [2.05, 4.69) is 41.3 Å². The fourth-order valence-electron chi connectivity index (χ4n) is 4.38. The molecule has 4 heteroatoms. The second-order valence-electron chi connectivity index (χ2n) is 7.39. The number of aromatic nitrogens is 2. The van der Waals surface area contributed by atoms with E-state index in [4.69, 9.17) is 0 Å². The normalized spacial score (nSPS) is 17.6. The molecule has 0 spiro atoms. The van der Waals surface area contributed by atoms with E-state index >= 15 is 0 Å². The molecule has 1 atom stereocenters. The molecule has 0 radical (unpaired) electrons. The number of aryl methyl sites for hydroxylation is 3. The topological polar surface area (TPSA) is 21.1 Å². The summed E-state index contributed by atoms with van der Waals surface area (Å²) in [4.78, 5) is 6.69. The predicted molar refractivity (Wildman–Crippen MR) is 104 cm³/mol. The summed E-state index contributed by atoms with van der Waals surface area (Å²) in [7, 11) is 0. The summed E-state index contributed by atoms with van der Waals surface area (Å²) in [5.74, 6) is -0.109. The highest BCUT2D eigenvalue weighted by Gasteiger charge is 2.29. The monoisotopic (exact) mass is 351 g/mol. The molecule has 0 fully saturated rings. The highest BCUT2D eigenvalue weighted by atomic mass is 19.1. The molecule has 0 saturated carbocycles. The van der Waals surface area contributed by atoms with Crippen molar-refractivity contribution in [1.29, 1.82) is 0 Å². The van der Waals surface area contributed by atoms with E-state index in [1.165, 1.54) is 22.4 Å². The molecular weight excluding hydrogens is 325 g/mol. The Labute approximate surface area is 154 Å². The minimum Gasteiger partial charge on any atom is -0.341 e. The van der Waals surface area contributed by atoms with Crippen molar-refractivity contribution in [3.63, 3.8) is 0 Å². The molecule has 1 aliphatic rings. The van der Waals surface area contributed by atoms with E-state index in [1.807, 2.05) is 18.3 Å². The summed E-state index contributed by atoms with van der Waals surface area (Å²) in [5.41, 5.74) is 5.78. The van der Waals surface area contributed by atoms with E-state index in [1.54, 1.807) is 12.3 Å². The highest BCUT2D eigenvalue weighted by Crippen LogP contribution is 2.36. The van der Waals surface area contributed by atoms with E-state index in [0.29, 0.717) is 6.04 Å². The van der Waals surface area contributed by atoms with Gasteiger partial charge in [-0.15, -0.1) is 0 Å². The lowest BCUT2D eigenvalue weighted by atomic mass is 9.97. The zero-order chi connectivity index (χ0) is 18.3. The van der Waals surface area contributed by atoms with E-state index in [-0.39, 0.29) is 5.82 Å². The van der Waals surface area contributed by atoms with Crippen LogP contribution >= 0.6 is 0 Å². The fourth-order valence-corrected chi connectivity index (χ4v) is 4.38. The van der Waals surface area contributed by atoms with Crippen molar-refractivity contribution in [3.8, 4) is 0 Å². The van der Waals surface area contributed by atoms with Crippen LogP contribution in [0.4, 0.5) is 4.39 Å². The molecule has 2 aromatic heterocycles. The van der Waals surface area contributed by atoms with Gasteiger partial charge >= 0.3 is 0 Å². The minimum atomic E-state index is -0.109. The summed E-state index contributed by atoms with van der Waals surface area (Å²) in [6.45, 7) is 9.30. The largest absolute Gasteiger partial charge is 0.341 e. The minimum absolute atomic E-state index is 0.109. The van der Waals surface area contributed by atoms with Gasteiger partial charge in [-0.1, -0.05) is 19.1 Å².